The van der Waals surface area contributed by atoms with Gasteiger partial charge in [0.2, 0.25) is 0 Å². The van der Waals surface area contributed by atoms with Crippen molar-refractivity contribution in [1.82, 2.24) is 0 Å². The standard InChI is InChI=1S/C18H25BO6S/c1-3-13-11-26(22,23)17-9-19(21)25-16(18(13)17)7-4-12(2)8-14-5-6-15(10-20)24-14/h5-6,8,16-17,20-21H,3-4,7,9-11H2,1-2H3/b12-8+/t16-,17+/m1/s1. The molecule has 2 atom stereocenters. The van der Waals surface area contributed by atoms with Crippen molar-refractivity contribution in [2.45, 2.75) is 57.4 Å². The molecule has 2 N–H and O–H groups in total. The maximum absolute atomic E-state index is 12.4. The zero-order chi connectivity index (χ0) is 18.9. The number of aliphatic hydroxyl groups excluding tert-OH is 1. The maximum Gasteiger partial charge on any atom is 0.456 e. The molecule has 0 unspecified atom stereocenters. The molecule has 0 spiro atoms. The monoisotopic (exact) mass is 380 g/mol. The van der Waals surface area contributed by atoms with Crippen LogP contribution in [0.2, 0.25) is 6.32 Å². The molecule has 3 heterocycles. The molecule has 26 heavy (non-hydrogen) atoms. The highest BCUT2D eigenvalue weighted by atomic mass is 32.2. The van der Waals surface area contributed by atoms with Gasteiger partial charge in [-0.15, -0.1) is 0 Å². The molecule has 0 aliphatic carbocycles. The van der Waals surface area contributed by atoms with Gasteiger partial charge < -0.3 is 19.2 Å². The van der Waals surface area contributed by atoms with Gasteiger partial charge >= 0.3 is 7.12 Å². The fourth-order valence-corrected chi connectivity index (χ4v) is 6.04. The fourth-order valence-electron chi connectivity index (χ4n) is 3.82. The summed E-state index contributed by atoms with van der Waals surface area (Å²) in [5.41, 5.74) is 2.86. The summed E-state index contributed by atoms with van der Waals surface area (Å²) in [5, 5.41) is 18.4. The highest BCUT2D eigenvalue weighted by Gasteiger charge is 2.47. The smallest absolute Gasteiger partial charge is 0.456 e. The molecular weight excluding hydrogens is 355 g/mol. The van der Waals surface area contributed by atoms with Crippen LogP contribution in [0.3, 0.4) is 0 Å². The zero-order valence-electron chi connectivity index (χ0n) is 15.1. The summed E-state index contributed by atoms with van der Waals surface area (Å²) >= 11 is 0. The lowest BCUT2D eigenvalue weighted by Gasteiger charge is -2.32. The molecule has 3 rings (SSSR count). The minimum Gasteiger partial charge on any atom is -0.459 e. The second-order valence-electron chi connectivity index (χ2n) is 7.01. The Balaban J connectivity index is 1.73. The van der Waals surface area contributed by atoms with E-state index in [0.717, 1.165) is 16.7 Å². The highest BCUT2D eigenvalue weighted by molar-refractivity contribution is 7.92. The number of hydrogen-bond acceptors (Lipinski definition) is 6. The van der Waals surface area contributed by atoms with Gasteiger partial charge in [0, 0.05) is 6.32 Å². The minimum atomic E-state index is -3.23. The van der Waals surface area contributed by atoms with Gasteiger partial charge in [-0.2, -0.15) is 0 Å². The predicted octanol–water partition coefficient (Wildman–Crippen LogP) is 2.34. The maximum atomic E-state index is 12.4. The Bertz CT molecular complexity index is 822. The van der Waals surface area contributed by atoms with Crippen LogP contribution in [0.5, 0.6) is 0 Å². The van der Waals surface area contributed by atoms with Crippen LogP contribution in [0.1, 0.15) is 44.6 Å². The Morgan fingerprint density at radius 1 is 1.42 bits per heavy atom. The van der Waals surface area contributed by atoms with Crippen molar-refractivity contribution in [2.75, 3.05) is 5.75 Å². The highest BCUT2D eigenvalue weighted by Crippen LogP contribution is 2.40. The molecule has 0 bridgehead atoms. The van der Waals surface area contributed by atoms with Gasteiger partial charge in [0.15, 0.2) is 9.84 Å². The van der Waals surface area contributed by atoms with Crippen molar-refractivity contribution in [1.29, 1.82) is 0 Å². The molecule has 142 valence electrons. The average molecular weight is 380 g/mol. The first kappa shape index (κ1) is 19.4. The minimum absolute atomic E-state index is 0.0846. The third-order valence-corrected chi connectivity index (χ3v) is 7.17. The molecule has 8 heteroatoms. The van der Waals surface area contributed by atoms with E-state index in [2.05, 4.69) is 0 Å². The van der Waals surface area contributed by atoms with Crippen molar-refractivity contribution in [3.63, 3.8) is 0 Å². The van der Waals surface area contributed by atoms with E-state index < -0.39 is 22.2 Å². The van der Waals surface area contributed by atoms with E-state index in [9.17, 15) is 13.4 Å². The lowest BCUT2D eigenvalue weighted by molar-refractivity contribution is 0.169. The first-order valence-corrected chi connectivity index (χ1v) is 10.7. The number of rotatable bonds is 6. The molecule has 1 fully saturated rings. The van der Waals surface area contributed by atoms with Crippen LogP contribution in [-0.2, 0) is 21.1 Å². The van der Waals surface area contributed by atoms with Gasteiger partial charge in [-0.25, -0.2) is 8.42 Å². The van der Waals surface area contributed by atoms with Crippen molar-refractivity contribution >= 4 is 23.0 Å². The van der Waals surface area contributed by atoms with E-state index >= 15 is 0 Å². The van der Waals surface area contributed by atoms with E-state index in [1.165, 1.54) is 0 Å². The summed E-state index contributed by atoms with van der Waals surface area (Å²) in [7, 11) is -4.27. The molecule has 1 aromatic heterocycles. The molecule has 1 aromatic rings. The van der Waals surface area contributed by atoms with Crippen LogP contribution in [0.15, 0.2) is 33.3 Å². The van der Waals surface area contributed by atoms with Crippen LogP contribution in [-0.4, -0.2) is 42.8 Å². The molecule has 0 amide bonds. The largest absolute Gasteiger partial charge is 0.459 e. The SMILES string of the molecule is CCC1=C2[C@@H](CC/C(C)=C/c3ccc(CO)o3)OB(O)C[C@@H]2S(=O)(=O)C1. The Labute approximate surface area is 154 Å². The Kier molecular flexibility index (Phi) is 5.77. The van der Waals surface area contributed by atoms with E-state index in [-0.39, 0.29) is 24.8 Å². The van der Waals surface area contributed by atoms with Gasteiger partial charge in [-0.1, -0.05) is 18.1 Å². The van der Waals surface area contributed by atoms with Gasteiger partial charge in [-0.05, 0) is 50.0 Å². The molecule has 1 saturated heterocycles. The van der Waals surface area contributed by atoms with Gasteiger partial charge in [0.1, 0.15) is 18.1 Å². The van der Waals surface area contributed by atoms with E-state index in [1.807, 2.05) is 19.9 Å². The Morgan fingerprint density at radius 3 is 2.85 bits per heavy atom. The van der Waals surface area contributed by atoms with Crippen molar-refractivity contribution < 1.29 is 27.6 Å². The lowest BCUT2D eigenvalue weighted by Crippen LogP contribution is -2.41. The fraction of sp³-hybridized carbons (Fsp3) is 0.556. The van der Waals surface area contributed by atoms with Crippen LogP contribution in [0.25, 0.3) is 6.08 Å². The van der Waals surface area contributed by atoms with Crippen LogP contribution in [0, 0.1) is 0 Å². The van der Waals surface area contributed by atoms with Crippen molar-refractivity contribution in [2.24, 2.45) is 0 Å². The zero-order valence-corrected chi connectivity index (χ0v) is 16.0. The molecule has 2 aliphatic rings. The molecule has 0 radical (unpaired) electrons. The van der Waals surface area contributed by atoms with Crippen LogP contribution in [0.4, 0.5) is 0 Å². The van der Waals surface area contributed by atoms with Crippen LogP contribution < -0.4 is 0 Å². The van der Waals surface area contributed by atoms with Gasteiger partial charge in [0.05, 0.1) is 17.1 Å². The summed E-state index contributed by atoms with van der Waals surface area (Å²) in [6.07, 6.45) is 3.65. The second kappa shape index (κ2) is 7.72. The first-order valence-electron chi connectivity index (χ1n) is 8.97. The topological polar surface area (TPSA) is 97.0 Å². The number of sulfone groups is 1. The summed E-state index contributed by atoms with van der Waals surface area (Å²) < 4.78 is 36.0. The number of hydrogen-bond donors (Lipinski definition) is 2. The predicted molar refractivity (Wildman–Crippen MR) is 100 cm³/mol. The number of aliphatic hydroxyl groups is 1. The number of fused-ring (bicyclic) bond motifs is 1. The quantitative estimate of drug-likeness (QED) is 0.581. The first-order chi connectivity index (χ1) is 12.3. The Hall–Kier alpha value is -1.35. The number of furan rings is 1. The summed E-state index contributed by atoms with van der Waals surface area (Å²) in [6, 6.07) is 3.53. The van der Waals surface area contributed by atoms with E-state index in [1.54, 1.807) is 12.1 Å². The van der Waals surface area contributed by atoms with Crippen LogP contribution >= 0.6 is 0 Å². The molecule has 0 aromatic carbocycles. The summed E-state index contributed by atoms with van der Waals surface area (Å²) in [6.45, 7) is 3.80. The third kappa shape index (κ3) is 3.98. The van der Waals surface area contributed by atoms with Crippen molar-refractivity contribution in [3.05, 3.63) is 40.4 Å². The van der Waals surface area contributed by atoms with E-state index in [4.69, 9.17) is 14.2 Å². The van der Waals surface area contributed by atoms with Gasteiger partial charge in [-0.3, -0.25) is 0 Å². The summed E-state index contributed by atoms with van der Waals surface area (Å²) in [4.78, 5) is 0. The lowest BCUT2D eigenvalue weighted by atomic mass is 9.74. The molecule has 2 aliphatic heterocycles. The Morgan fingerprint density at radius 2 is 2.19 bits per heavy atom. The molecular formula is C18H25BO6S. The summed E-state index contributed by atoms with van der Waals surface area (Å²) in [5.74, 6) is 1.27. The number of allylic oxidation sites excluding steroid dienone is 1. The second-order valence-corrected chi connectivity index (χ2v) is 9.20. The molecule has 0 saturated carbocycles. The van der Waals surface area contributed by atoms with E-state index in [0.29, 0.717) is 30.8 Å². The third-order valence-electron chi connectivity index (χ3n) is 5.10. The average Bonchev–Trinajstić information content (AvgIpc) is 3.14. The van der Waals surface area contributed by atoms with Crippen molar-refractivity contribution in [3.8, 4) is 0 Å². The normalized spacial score (nSPS) is 25.7. The van der Waals surface area contributed by atoms with Gasteiger partial charge in [0.25, 0.3) is 0 Å². The molecule has 6 nitrogen and oxygen atoms in total.